The fourth-order valence-electron chi connectivity index (χ4n) is 3.18. The predicted octanol–water partition coefficient (Wildman–Crippen LogP) is 2.36. The van der Waals surface area contributed by atoms with E-state index in [4.69, 9.17) is 5.11 Å². The number of aliphatic carboxylic acids is 1. The van der Waals surface area contributed by atoms with Crippen molar-refractivity contribution >= 4 is 11.9 Å². The van der Waals surface area contributed by atoms with Crippen molar-refractivity contribution in [3.63, 3.8) is 0 Å². The number of rotatable bonds is 5. The number of nitrogens with one attached hydrogen (secondary N) is 1. The van der Waals surface area contributed by atoms with E-state index in [-0.39, 0.29) is 23.9 Å². The highest BCUT2D eigenvalue weighted by atomic mass is 16.4. The van der Waals surface area contributed by atoms with Crippen LogP contribution in [0.1, 0.15) is 43.9 Å². The molecule has 1 aliphatic rings. The maximum Gasteiger partial charge on any atom is 0.306 e. The number of carbonyl (C=O) groups is 2. The normalized spacial score (nSPS) is 19.1. The van der Waals surface area contributed by atoms with Gasteiger partial charge >= 0.3 is 5.97 Å². The number of hydrogen-bond acceptors (Lipinski definition) is 3. The molecule has 2 atom stereocenters. The smallest absolute Gasteiger partial charge is 0.306 e. The molecule has 1 saturated heterocycles. The maximum atomic E-state index is 12.5. The molecule has 5 heteroatoms. The first-order chi connectivity index (χ1) is 10.9. The number of carboxylic acids is 1. The van der Waals surface area contributed by atoms with Crippen molar-refractivity contribution < 1.29 is 14.7 Å². The van der Waals surface area contributed by atoms with Gasteiger partial charge in [0, 0.05) is 0 Å². The van der Waals surface area contributed by atoms with E-state index in [0.717, 1.165) is 11.1 Å². The molecule has 126 valence electrons. The van der Waals surface area contributed by atoms with Gasteiger partial charge in [0.05, 0.1) is 18.0 Å². The number of carbonyl (C=O) groups excluding carboxylic acids is 1. The highest BCUT2D eigenvalue weighted by Gasteiger charge is 2.30. The molecule has 5 nitrogen and oxygen atoms in total. The lowest BCUT2D eigenvalue weighted by Crippen LogP contribution is -2.49. The predicted molar refractivity (Wildman–Crippen MR) is 89.1 cm³/mol. The number of likely N-dealkylation sites (tertiary alicyclic amines) is 1. The number of hydrogen-bond donors (Lipinski definition) is 2. The summed E-state index contributed by atoms with van der Waals surface area (Å²) in [5.41, 5.74) is 2.29. The first-order valence-corrected chi connectivity index (χ1v) is 8.23. The van der Waals surface area contributed by atoms with Gasteiger partial charge in [-0.2, -0.15) is 0 Å². The minimum Gasteiger partial charge on any atom is -0.481 e. The Morgan fingerprint density at radius 3 is 2.39 bits per heavy atom. The maximum absolute atomic E-state index is 12.5. The van der Waals surface area contributed by atoms with Crippen LogP contribution in [0.2, 0.25) is 0 Å². The lowest BCUT2D eigenvalue weighted by atomic mass is 9.96. The van der Waals surface area contributed by atoms with Gasteiger partial charge in [-0.15, -0.1) is 0 Å². The standard InChI is InChI=1S/C18H26N2O3/c1-12-6-4-5-7-16(12)13(2)19-17(21)14(3)20-10-8-15(9-11-20)18(22)23/h4-7,13-15H,8-11H2,1-3H3,(H,19,21)(H,22,23). The highest BCUT2D eigenvalue weighted by Crippen LogP contribution is 2.20. The zero-order valence-corrected chi connectivity index (χ0v) is 14.1. The van der Waals surface area contributed by atoms with Crippen LogP contribution in [-0.2, 0) is 9.59 Å². The molecule has 2 rings (SSSR count). The molecule has 0 saturated carbocycles. The molecular weight excluding hydrogens is 292 g/mol. The third kappa shape index (κ3) is 4.32. The highest BCUT2D eigenvalue weighted by molar-refractivity contribution is 5.81. The number of benzene rings is 1. The van der Waals surface area contributed by atoms with Crippen LogP contribution < -0.4 is 5.32 Å². The molecule has 2 N–H and O–H groups in total. The molecule has 1 aromatic carbocycles. The molecule has 0 radical (unpaired) electrons. The summed E-state index contributed by atoms with van der Waals surface area (Å²) in [6.07, 6.45) is 1.22. The van der Waals surface area contributed by atoms with Crippen LogP contribution in [0.15, 0.2) is 24.3 Å². The van der Waals surface area contributed by atoms with Gasteiger partial charge in [-0.3, -0.25) is 14.5 Å². The van der Waals surface area contributed by atoms with Crippen LogP contribution in [-0.4, -0.2) is 41.0 Å². The molecule has 1 fully saturated rings. The number of piperidine rings is 1. The zero-order chi connectivity index (χ0) is 17.0. The van der Waals surface area contributed by atoms with Crippen molar-refractivity contribution in [2.24, 2.45) is 5.92 Å². The average Bonchev–Trinajstić information content (AvgIpc) is 2.54. The summed E-state index contributed by atoms with van der Waals surface area (Å²) >= 11 is 0. The van der Waals surface area contributed by atoms with Gasteiger partial charge in [-0.1, -0.05) is 24.3 Å². The molecule has 1 amide bonds. The Morgan fingerprint density at radius 1 is 1.22 bits per heavy atom. The topological polar surface area (TPSA) is 69.6 Å². The Kier molecular flexibility index (Phi) is 5.77. The summed E-state index contributed by atoms with van der Waals surface area (Å²) in [7, 11) is 0. The van der Waals surface area contributed by atoms with Crippen LogP contribution in [0.3, 0.4) is 0 Å². The van der Waals surface area contributed by atoms with Crippen LogP contribution in [0.5, 0.6) is 0 Å². The van der Waals surface area contributed by atoms with Crippen LogP contribution in [0.25, 0.3) is 0 Å². The van der Waals surface area contributed by atoms with Crippen LogP contribution >= 0.6 is 0 Å². The van der Waals surface area contributed by atoms with Gasteiger partial charge in [0.2, 0.25) is 5.91 Å². The number of aryl methyl sites for hydroxylation is 1. The molecule has 2 unspecified atom stereocenters. The van der Waals surface area contributed by atoms with Gasteiger partial charge in [0.1, 0.15) is 0 Å². The van der Waals surface area contributed by atoms with E-state index in [1.807, 2.05) is 45.0 Å². The molecule has 0 aromatic heterocycles. The summed E-state index contributed by atoms with van der Waals surface area (Å²) in [4.78, 5) is 25.6. The summed E-state index contributed by atoms with van der Waals surface area (Å²) in [6, 6.07) is 7.76. The molecule has 1 aromatic rings. The number of nitrogens with zero attached hydrogens (tertiary/aromatic N) is 1. The SMILES string of the molecule is Cc1ccccc1C(C)NC(=O)C(C)N1CCC(C(=O)O)CC1. The van der Waals surface area contributed by atoms with Gasteiger partial charge in [0.25, 0.3) is 0 Å². The lowest BCUT2D eigenvalue weighted by molar-refractivity contribution is -0.143. The average molecular weight is 318 g/mol. The zero-order valence-electron chi connectivity index (χ0n) is 14.1. The molecular formula is C18H26N2O3. The van der Waals surface area contributed by atoms with Gasteiger partial charge in [0.15, 0.2) is 0 Å². The molecule has 1 heterocycles. The minimum absolute atomic E-state index is 0.00507. The van der Waals surface area contributed by atoms with Crippen molar-refractivity contribution in [2.75, 3.05) is 13.1 Å². The van der Waals surface area contributed by atoms with Crippen molar-refractivity contribution in [3.05, 3.63) is 35.4 Å². The van der Waals surface area contributed by atoms with Crippen molar-refractivity contribution in [1.82, 2.24) is 10.2 Å². The third-order valence-corrected chi connectivity index (χ3v) is 4.82. The van der Waals surface area contributed by atoms with E-state index in [0.29, 0.717) is 25.9 Å². The third-order valence-electron chi connectivity index (χ3n) is 4.82. The second-order valence-corrected chi connectivity index (χ2v) is 6.41. The number of amides is 1. The Morgan fingerprint density at radius 2 is 1.83 bits per heavy atom. The van der Waals surface area contributed by atoms with Crippen LogP contribution in [0, 0.1) is 12.8 Å². The Balaban J connectivity index is 1.90. The van der Waals surface area contributed by atoms with Crippen molar-refractivity contribution in [1.29, 1.82) is 0 Å². The second-order valence-electron chi connectivity index (χ2n) is 6.41. The molecule has 0 spiro atoms. The van der Waals surface area contributed by atoms with E-state index in [2.05, 4.69) is 10.2 Å². The first kappa shape index (κ1) is 17.5. The number of carboxylic acid groups (broad SMARTS) is 1. The summed E-state index contributed by atoms with van der Waals surface area (Å²) < 4.78 is 0. The molecule has 0 aliphatic carbocycles. The molecule has 1 aliphatic heterocycles. The van der Waals surface area contributed by atoms with Crippen LogP contribution in [0.4, 0.5) is 0 Å². The monoisotopic (exact) mass is 318 g/mol. The Hall–Kier alpha value is -1.88. The Labute approximate surface area is 137 Å². The molecule has 0 bridgehead atoms. The largest absolute Gasteiger partial charge is 0.481 e. The van der Waals surface area contributed by atoms with E-state index < -0.39 is 5.97 Å². The minimum atomic E-state index is -0.727. The van der Waals surface area contributed by atoms with E-state index >= 15 is 0 Å². The second kappa shape index (κ2) is 7.59. The Bertz CT molecular complexity index is 565. The molecule has 23 heavy (non-hydrogen) atoms. The summed E-state index contributed by atoms with van der Waals surface area (Å²) in [6.45, 7) is 7.23. The summed E-state index contributed by atoms with van der Waals surface area (Å²) in [5.74, 6) is -1.00. The van der Waals surface area contributed by atoms with Gasteiger partial charge in [-0.25, -0.2) is 0 Å². The van der Waals surface area contributed by atoms with Gasteiger partial charge in [-0.05, 0) is 57.8 Å². The van der Waals surface area contributed by atoms with E-state index in [1.54, 1.807) is 0 Å². The summed E-state index contributed by atoms with van der Waals surface area (Å²) in [5, 5.41) is 12.1. The van der Waals surface area contributed by atoms with Crippen molar-refractivity contribution in [2.45, 2.75) is 45.7 Å². The van der Waals surface area contributed by atoms with E-state index in [9.17, 15) is 9.59 Å². The quantitative estimate of drug-likeness (QED) is 0.874. The van der Waals surface area contributed by atoms with Crippen molar-refractivity contribution in [3.8, 4) is 0 Å². The lowest BCUT2D eigenvalue weighted by Gasteiger charge is -2.34. The first-order valence-electron chi connectivity index (χ1n) is 8.23. The van der Waals surface area contributed by atoms with E-state index in [1.165, 1.54) is 0 Å². The fraction of sp³-hybridized carbons (Fsp3) is 0.556. The fourth-order valence-corrected chi connectivity index (χ4v) is 3.18. The van der Waals surface area contributed by atoms with Gasteiger partial charge < -0.3 is 10.4 Å².